The van der Waals surface area contributed by atoms with E-state index >= 15 is 0 Å². The van der Waals surface area contributed by atoms with Gasteiger partial charge in [0.05, 0.1) is 32.6 Å². The Bertz CT molecular complexity index is 540. The molecule has 2 N–H and O–H groups in total. The van der Waals surface area contributed by atoms with Crippen LogP contribution in [-0.2, 0) is 9.47 Å². The van der Waals surface area contributed by atoms with E-state index in [0.29, 0.717) is 43.3 Å². The minimum Gasteiger partial charge on any atom is -0.495 e. The molecule has 0 radical (unpaired) electrons. The number of hydrogen-bond donors (Lipinski definition) is 1. The second-order valence-corrected chi connectivity index (χ2v) is 5.39. The predicted molar refractivity (Wildman–Crippen MR) is 77.2 cm³/mol. The lowest BCUT2D eigenvalue weighted by Gasteiger charge is -2.38. The molecule has 6 heteroatoms. The standard InChI is InChI=1S/C15H20N2O4/c1-19-13-9-11(3-4-12(13)16)14(18)17-6-2-5-15(10-17)20-7-8-21-15/h3-4,9H,2,5-8,10,16H2,1H3. The van der Waals surface area contributed by atoms with Gasteiger partial charge in [0.15, 0.2) is 5.79 Å². The van der Waals surface area contributed by atoms with E-state index in [1.165, 1.54) is 7.11 Å². The summed E-state index contributed by atoms with van der Waals surface area (Å²) in [6.45, 7) is 2.37. The van der Waals surface area contributed by atoms with Gasteiger partial charge in [0.2, 0.25) is 0 Å². The van der Waals surface area contributed by atoms with Gasteiger partial charge in [-0.3, -0.25) is 4.79 Å². The van der Waals surface area contributed by atoms with Gasteiger partial charge in [0.1, 0.15) is 5.75 Å². The fraction of sp³-hybridized carbons (Fsp3) is 0.533. The highest BCUT2D eigenvalue weighted by Gasteiger charge is 2.42. The third-order valence-electron chi connectivity index (χ3n) is 4.00. The molecule has 0 bridgehead atoms. The summed E-state index contributed by atoms with van der Waals surface area (Å²) in [5, 5.41) is 0. The quantitative estimate of drug-likeness (QED) is 0.831. The van der Waals surface area contributed by atoms with Crippen molar-refractivity contribution in [3.8, 4) is 5.75 Å². The Balaban J connectivity index is 1.78. The molecule has 2 fully saturated rings. The zero-order valence-corrected chi connectivity index (χ0v) is 12.1. The molecule has 0 atom stereocenters. The first-order chi connectivity index (χ1) is 10.1. The number of ether oxygens (including phenoxy) is 3. The average molecular weight is 292 g/mol. The normalized spacial score (nSPS) is 20.7. The van der Waals surface area contributed by atoms with Crippen LogP contribution in [0.1, 0.15) is 23.2 Å². The molecule has 21 heavy (non-hydrogen) atoms. The van der Waals surface area contributed by atoms with Crippen LogP contribution >= 0.6 is 0 Å². The summed E-state index contributed by atoms with van der Waals surface area (Å²) < 4.78 is 16.6. The van der Waals surface area contributed by atoms with E-state index in [9.17, 15) is 4.79 Å². The highest BCUT2D eigenvalue weighted by Crippen LogP contribution is 2.31. The van der Waals surface area contributed by atoms with Gasteiger partial charge in [-0.1, -0.05) is 0 Å². The molecule has 0 aliphatic carbocycles. The van der Waals surface area contributed by atoms with Crippen molar-refractivity contribution in [2.75, 3.05) is 39.1 Å². The van der Waals surface area contributed by atoms with Crippen molar-refractivity contribution in [2.45, 2.75) is 18.6 Å². The van der Waals surface area contributed by atoms with Gasteiger partial charge in [-0.05, 0) is 24.6 Å². The zero-order valence-electron chi connectivity index (χ0n) is 12.1. The van der Waals surface area contributed by atoms with Gasteiger partial charge < -0.3 is 24.8 Å². The Hall–Kier alpha value is -1.79. The number of rotatable bonds is 2. The fourth-order valence-electron chi connectivity index (χ4n) is 2.92. The molecule has 2 aliphatic rings. The van der Waals surface area contributed by atoms with E-state index < -0.39 is 5.79 Å². The molecule has 0 aromatic heterocycles. The molecular formula is C15H20N2O4. The Morgan fingerprint density at radius 2 is 2.14 bits per heavy atom. The lowest BCUT2D eigenvalue weighted by molar-refractivity contribution is -0.183. The number of nitrogen functional groups attached to an aromatic ring is 1. The molecule has 114 valence electrons. The Morgan fingerprint density at radius 1 is 1.38 bits per heavy atom. The van der Waals surface area contributed by atoms with Crippen LogP contribution in [0.5, 0.6) is 5.75 Å². The van der Waals surface area contributed by atoms with Crippen LogP contribution in [0.25, 0.3) is 0 Å². The van der Waals surface area contributed by atoms with Crippen LogP contribution in [-0.4, -0.2) is 50.0 Å². The maximum absolute atomic E-state index is 12.6. The summed E-state index contributed by atoms with van der Waals surface area (Å²) in [6.07, 6.45) is 1.71. The van der Waals surface area contributed by atoms with Crippen molar-refractivity contribution < 1.29 is 19.0 Å². The summed E-state index contributed by atoms with van der Waals surface area (Å²) in [5.74, 6) is -0.140. The molecule has 1 aromatic carbocycles. The molecular weight excluding hydrogens is 272 g/mol. The number of amides is 1. The molecule has 2 aliphatic heterocycles. The first-order valence-electron chi connectivity index (χ1n) is 7.14. The Morgan fingerprint density at radius 3 is 2.86 bits per heavy atom. The second kappa shape index (κ2) is 5.54. The van der Waals surface area contributed by atoms with Crippen molar-refractivity contribution in [2.24, 2.45) is 0 Å². The van der Waals surface area contributed by atoms with Gasteiger partial charge in [-0.25, -0.2) is 0 Å². The van der Waals surface area contributed by atoms with Gasteiger partial charge in [0, 0.05) is 18.5 Å². The van der Waals surface area contributed by atoms with E-state index in [0.717, 1.165) is 12.8 Å². The van der Waals surface area contributed by atoms with Gasteiger partial charge in [0.25, 0.3) is 5.91 Å². The summed E-state index contributed by atoms with van der Waals surface area (Å²) in [4.78, 5) is 14.4. The third-order valence-corrected chi connectivity index (χ3v) is 4.00. The summed E-state index contributed by atoms with van der Waals surface area (Å²) >= 11 is 0. The Labute approximate surface area is 123 Å². The first kappa shape index (κ1) is 14.2. The maximum atomic E-state index is 12.6. The predicted octanol–water partition coefficient (Wildman–Crippen LogP) is 1.26. The highest BCUT2D eigenvalue weighted by molar-refractivity contribution is 5.95. The lowest BCUT2D eigenvalue weighted by atomic mass is 10.0. The van der Waals surface area contributed by atoms with E-state index in [1.807, 2.05) is 0 Å². The molecule has 1 aromatic rings. The first-order valence-corrected chi connectivity index (χ1v) is 7.14. The van der Waals surface area contributed by atoms with Crippen LogP contribution in [0.2, 0.25) is 0 Å². The number of piperidine rings is 1. The third kappa shape index (κ3) is 2.69. The largest absolute Gasteiger partial charge is 0.495 e. The number of nitrogens with two attached hydrogens (primary N) is 1. The summed E-state index contributed by atoms with van der Waals surface area (Å²) in [6, 6.07) is 5.08. The van der Waals surface area contributed by atoms with Gasteiger partial charge >= 0.3 is 0 Å². The highest BCUT2D eigenvalue weighted by atomic mass is 16.7. The molecule has 0 unspecified atom stereocenters. The molecule has 1 spiro atoms. The van der Waals surface area contributed by atoms with E-state index in [-0.39, 0.29) is 5.91 Å². The number of methoxy groups -OCH3 is 1. The van der Waals surface area contributed by atoms with Crippen molar-refractivity contribution in [3.05, 3.63) is 23.8 Å². The number of carbonyl (C=O) groups is 1. The monoisotopic (exact) mass is 292 g/mol. The van der Waals surface area contributed by atoms with Gasteiger partial charge in [-0.2, -0.15) is 0 Å². The minimum absolute atomic E-state index is 0.0496. The number of hydrogen-bond acceptors (Lipinski definition) is 5. The smallest absolute Gasteiger partial charge is 0.254 e. The van der Waals surface area contributed by atoms with E-state index in [1.54, 1.807) is 23.1 Å². The molecule has 3 rings (SSSR count). The van der Waals surface area contributed by atoms with Crippen LogP contribution in [0.4, 0.5) is 5.69 Å². The zero-order chi connectivity index (χ0) is 14.9. The lowest BCUT2D eigenvalue weighted by Crippen LogP contribution is -2.51. The van der Waals surface area contributed by atoms with Crippen LogP contribution in [0.3, 0.4) is 0 Å². The SMILES string of the molecule is COc1cc(C(=O)N2CCCC3(C2)OCCO3)ccc1N. The van der Waals surface area contributed by atoms with Crippen LogP contribution in [0.15, 0.2) is 18.2 Å². The number of likely N-dealkylation sites (tertiary alicyclic amines) is 1. The molecule has 0 saturated carbocycles. The average Bonchev–Trinajstić information content (AvgIpc) is 2.95. The second-order valence-electron chi connectivity index (χ2n) is 5.39. The number of nitrogens with zero attached hydrogens (tertiary/aromatic N) is 1. The summed E-state index contributed by atoms with van der Waals surface area (Å²) in [5.41, 5.74) is 6.87. The van der Waals surface area contributed by atoms with Crippen LogP contribution in [0, 0.1) is 0 Å². The van der Waals surface area contributed by atoms with Crippen molar-refractivity contribution >= 4 is 11.6 Å². The van der Waals surface area contributed by atoms with Crippen molar-refractivity contribution in [1.29, 1.82) is 0 Å². The molecule has 1 amide bonds. The van der Waals surface area contributed by atoms with Crippen molar-refractivity contribution in [3.63, 3.8) is 0 Å². The minimum atomic E-state index is -0.605. The molecule has 2 heterocycles. The maximum Gasteiger partial charge on any atom is 0.254 e. The van der Waals surface area contributed by atoms with Gasteiger partial charge in [-0.15, -0.1) is 0 Å². The van der Waals surface area contributed by atoms with Crippen molar-refractivity contribution in [1.82, 2.24) is 4.90 Å². The number of anilines is 1. The molecule has 2 saturated heterocycles. The van der Waals surface area contributed by atoms with Crippen LogP contribution < -0.4 is 10.5 Å². The Kier molecular flexibility index (Phi) is 3.73. The molecule has 6 nitrogen and oxygen atoms in total. The number of benzene rings is 1. The van der Waals surface area contributed by atoms with E-state index in [2.05, 4.69) is 0 Å². The topological polar surface area (TPSA) is 74.0 Å². The summed E-state index contributed by atoms with van der Waals surface area (Å²) in [7, 11) is 1.54. The fourth-order valence-corrected chi connectivity index (χ4v) is 2.92. The number of carbonyl (C=O) groups excluding carboxylic acids is 1. The van der Waals surface area contributed by atoms with E-state index in [4.69, 9.17) is 19.9 Å².